The number of nitro benzene ring substituents is 1. The van der Waals surface area contributed by atoms with Crippen LogP contribution in [0.3, 0.4) is 0 Å². The summed E-state index contributed by atoms with van der Waals surface area (Å²) in [6.45, 7) is 3.77. The zero-order chi connectivity index (χ0) is 9.84. The topological polar surface area (TPSA) is 52.4 Å². The van der Waals surface area contributed by atoms with E-state index >= 15 is 0 Å². The van der Waals surface area contributed by atoms with Crippen LogP contribution in [-0.4, -0.2) is 11.0 Å². The molecule has 0 N–H and O–H groups in total. The van der Waals surface area contributed by atoms with E-state index in [4.69, 9.17) is 4.74 Å². The maximum atomic E-state index is 10.3. The van der Waals surface area contributed by atoms with Crippen molar-refractivity contribution < 1.29 is 9.66 Å². The van der Waals surface area contributed by atoms with Gasteiger partial charge >= 0.3 is 0 Å². The number of rotatable bonds is 3. The molecule has 0 unspecified atom stereocenters. The Balaban J connectivity index is 2.75. The molecular weight excluding hydrogens is 170 g/mol. The highest BCUT2D eigenvalue weighted by Gasteiger charge is 2.05. The molecule has 0 atom stereocenters. The summed E-state index contributed by atoms with van der Waals surface area (Å²) >= 11 is 0. The summed E-state index contributed by atoms with van der Waals surface area (Å²) in [4.78, 5) is 9.82. The predicted molar refractivity (Wildman–Crippen MR) is 47.7 cm³/mol. The highest BCUT2D eigenvalue weighted by atomic mass is 16.6. The Kier molecular flexibility index (Phi) is 2.84. The first-order valence-electron chi connectivity index (χ1n) is 3.92. The average Bonchev–Trinajstić information content (AvgIpc) is 2.04. The number of ether oxygens (including phenoxy) is 1. The Morgan fingerprint density at radius 3 is 2.62 bits per heavy atom. The molecule has 4 heteroatoms. The van der Waals surface area contributed by atoms with E-state index in [1.54, 1.807) is 0 Å². The molecule has 0 aliphatic rings. The second-order valence-corrected chi connectivity index (χ2v) is 2.83. The van der Waals surface area contributed by atoms with Gasteiger partial charge in [0.05, 0.1) is 11.0 Å². The van der Waals surface area contributed by atoms with E-state index in [9.17, 15) is 10.1 Å². The first-order chi connectivity index (χ1) is 6.09. The molecule has 1 aromatic rings. The van der Waals surface area contributed by atoms with Crippen LogP contribution in [0.4, 0.5) is 5.69 Å². The molecule has 0 bridgehead atoms. The van der Waals surface area contributed by atoms with Gasteiger partial charge in [0.1, 0.15) is 5.75 Å². The summed E-state index contributed by atoms with van der Waals surface area (Å²) in [5.74, 6) is 0.528. The Labute approximate surface area is 76.3 Å². The molecule has 0 fully saturated rings. The van der Waals surface area contributed by atoms with Crippen LogP contribution in [0, 0.1) is 16.2 Å². The van der Waals surface area contributed by atoms with Crippen molar-refractivity contribution in [1.82, 2.24) is 0 Å². The zero-order valence-electron chi connectivity index (χ0n) is 7.48. The van der Waals surface area contributed by atoms with Gasteiger partial charge in [-0.25, -0.2) is 0 Å². The van der Waals surface area contributed by atoms with Gasteiger partial charge in [-0.3, -0.25) is 10.1 Å². The highest BCUT2D eigenvalue weighted by molar-refractivity contribution is 5.34. The van der Waals surface area contributed by atoms with Gasteiger partial charge in [0.25, 0.3) is 5.69 Å². The second kappa shape index (κ2) is 3.89. The van der Waals surface area contributed by atoms with Crippen LogP contribution in [0.2, 0.25) is 0 Å². The summed E-state index contributed by atoms with van der Waals surface area (Å²) in [7, 11) is 0. The normalized spacial score (nSPS) is 10.1. The largest absolute Gasteiger partial charge is 0.490 e. The van der Waals surface area contributed by atoms with Crippen molar-refractivity contribution in [2.45, 2.75) is 20.0 Å². The molecule has 0 aliphatic carbocycles. The molecule has 1 radical (unpaired) electrons. The van der Waals surface area contributed by atoms with Gasteiger partial charge in [-0.15, -0.1) is 0 Å². The van der Waals surface area contributed by atoms with E-state index in [-0.39, 0.29) is 11.8 Å². The Morgan fingerprint density at radius 2 is 2.23 bits per heavy atom. The Bertz CT molecular complexity index is 292. The number of non-ortho nitro benzene ring substituents is 1. The molecule has 1 aromatic carbocycles. The van der Waals surface area contributed by atoms with E-state index in [1.807, 2.05) is 13.8 Å². The molecular formula is C9H10NO3. The first kappa shape index (κ1) is 9.51. The lowest BCUT2D eigenvalue weighted by atomic mass is 10.3. The van der Waals surface area contributed by atoms with Crippen LogP contribution in [0.15, 0.2) is 18.2 Å². The van der Waals surface area contributed by atoms with Gasteiger partial charge in [0.2, 0.25) is 0 Å². The standard InChI is InChI=1S/C9H10NO3/c1-7(2)13-9-5-3-8(4-6-9)10(11)12/h3-5,7H,1-2H3. The van der Waals surface area contributed by atoms with Crippen LogP contribution in [0.1, 0.15) is 13.8 Å². The quantitative estimate of drug-likeness (QED) is 0.529. The van der Waals surface area contributed by atoms with Crippen molar-refractivity contribution in [1.29, 1.82) is 0 Å². The lowest BCUT2D eigenvalue weighted by molar-refractivity contribution is -0.384. The average molecular weight is 180 g/mol. The number of hydrogen-bond acceptors (Lipinski definition) is 3. The van der Waals surface area contributed by atoms with Crippen molar-refractivity contribution >= 4 is 5.69 Å². The van der Waals surface area contributed by atoms with E-state index in [2.05, 4.69) is 6.07 Å². The molecule has 0 heterocycles. The minimum atomic E-state index is -0.463. The van der Waals surface area contributed by atoms with Crippen LogP contribution in [-0.2, 0) is 0 Å². The Morgan fingerprint density at radius 1 is 1.54 bits per heavy atom. The molecule has 0 aliphatic heterocycles. The molecule has 0 saturated carbocycles. The van der Waals surface area contributed by atoms with Gasteiger partial charge in [-0.1, -0.05) is 0 Å². The SMILES string of the molecule is CC(C)Oc1[c]cc([N+](=O)[O-])cc1. The minimum Gasteiger partial charge on any atom is -0.490 e. The fourth-order valence-corrected chi connectivity index (χ4v) is 0.843. The molecule has 1 rings (SSSR count). The maximum absolute atomic E-state index is 10.3. The highest BCUT2D eigenvalue weighted by Crippen LogP contribution is 2.17. The Hall–Kier alpha value is -1.58. The number of nitrogens with zero attached hydrogens (tertiary/aromatic N) is 1. The van der Waals surface area contributed by atoms with Crippen molar-refractivity contribution in [2.24, 2.45) is 0 Å². The monoisotopic (exact) mass is 180 g/mol. The summed E-state index contributed by atoms with van der Waals surface area (Å²) in [6.07, 6.45) is 0.0534. The lowest BCUT2D eigenvalue weighted by Crippen LogP contribution is -2.05. The molecule has 0 amide bonds. The number of hydrogen-bond donors (Lipinski definition) is 0. The summed E-state index contributed by atoms with van der Waals surface area (Å²) < 4.78 is 5.27. The summed E-state index contributed by atoms with van der Waals surface area (Å²) in [5.41, 5.74) is 0.0242. The molecule has 13 heavy (non-hydrogen) atoms. The van der Waals surface area contributed by atoms with Crippen LogP contribution < -0.4 is 4.74 Å². The molecule has 0 aromatic heterocycles. The molecule has 0 saturated heterocycles. The molecule has 69 valence electrons. The van der Waals surface area contributed by atoms with Crippen LogP contribution in [0.25, 0.3) is 0 Å². The number of nitro groups is 1. The van der Waals surface area contributed by atoms with Crippen LogP contribution >= 0.6 is 0 Å². The van der Waals surface area contributed by atoms with Gasteiger partial charge in [0, 0.05) is 18.2 Å². The third-order valence-corrected chi connectivity index (χ3v) is 1.34. The third kappa shape index (κ3) is 2.74. The van der Waals surface area contributed by atoms with Gasteiger partial charge < -0.3 is 4.74 Å². The molecule has 0 spiro atoms. The summed E-state index contributed by atoms with van der Waals surface area (Å²) in [6, 6.07) is 6.93. The first-order valence-corrected chi connectivity index (χ1v) is 3.92. The van der Waals surface area contributed by atoms with E-state index in [0.29, 0.717) is 5.75 Å². The fourth-order valence-electron chi connectivity index (χ4n) is 0.843. The minimum absolute atomic E-state index is 0.0242. The lowest BCUT2D eigenvalue weighted by Gasteiger charge is -2.07. The van der Waals surface area contributed by atoms with Gasteiger partial charge in [-0.05, 0) is 19.9 Å². The molecule has 4 nitrogen and oxygen atoms in total. The van der Waals surface area contributed by atoms with Crippen LogP contribution in [0.5, 0.6) is 5.75 Å². The summed E-state index contributed by atoms with van der Waals surface area (Å²) in [5, 5.41) is 10.3. The van der Waals surface area contributed by atoms with Crippen molar-refractivity contribution in [3.63, 3.8) is 0 Å². The van der Waals surface area contributed by atoms with E-state index in [1.165, 1.54) is 18.2 Å². The third-order valence-electron chi connectivity index (χ3n) is 1.34. The van der Waals surface area contributed by atoms with E-state index < -0.39 is 4.92 Å². The van der Waals surface area contributed by atoms with Crippen molar-refractivity contribution in [2.75, 3.05) is 0 Å². The van der Waals surface area contributed by atoms with Gasteiger partial charge in [0.15, 0.2) is 0 Å². The smallest absolute Gasteiger partial charge is 0.270 e. The van der Waals surface area contributed by atoms with Crippen molar-refractivity contribution in [3.05, 3.63) is 34.4 Å². The van der Waals surface area contributed by atoms with Gasteiger partial charge in [-0.2, -0.15) is 0 Å². The fraction of sp³-hybridized carbons (Fsp3) is 0.333. The number of benzene rings is 1. The van der Waals surface area contributed by atoms with Crippen molar-refractivity contribution in [3.8, 4) is 5.75 Å². The van der Waals surface area contributed by atoms with E-state index in [0.717, 1.165) is 0 Å². The second-order valence-electron chi connectivity index (χ2n) is 2.83. The maximum Gasteiger partial charge on any atom is 0.270 e. The predicted octanol–water partition coefficient (Wildman–Crippen LogP) is 2.18. The zero-order valence-corrected chi connectivity index (χ0v) is 7.48.